The average Bonchev–Trinajstić information content (AvgIpc) is 3.11. The van der Waals surface area contributed by atoms with E-state index in [1.54, 1.807) is 30.3 Å². The first kappa shape index (κ1) is 19.7. The van der Waals surface area contributed by atoms with E-state index in [4.69, 9.17) is 4.74 Å². The molecule has 0 aliphatic carbocycles. The van der Waals surface area contributed by atoms with E-state index in [0.717, 1.165) is 10.7 Å². The monoisotopic (exact) mass is 407 g/mol. The molecule has 1 aromatic carbocycles. The number of amides is 1. The number of morpholine rings is 1. The van der Waals surface area contributed by atoms with E-state index in [9.17, 15) is 13.2 Å². The largest absolute Gasteiger partial charge is 0.379 e. The summed E-state index contributed by atoms with van der Waals surface area (Å²) in [6, 6.07) is 6.72. The number of nitrogens with zero attached hydrogens (tertiary/aromatic N) is 2. The lowest BCUT2D eigenvalue weighted by Gasteiger charge is -2.27. The maximum atomic E-state index is 12.9. The molecular weight excluding hydrogens is 386 g/mol. The molecule has 2 aromatic rings. The number of hydrogen-bond donors (Lipinski definition) is 1. The van der Waals surface area contributed by atoms with Gasteiger partial charge >= 0.3 is 0 Å². The molecule has 3 rings (SSSR count). The first-order valence-corrected chi connectivity index (χ1v) is 10.8. The first-order valence-electron chi connectivity index (χ1n) is 8.50. The third-order valence-electron chi connectivity index (χ3n) is 4.06. The molecule has 1 aromatic heterocycles. The van der Waals surface area contributed by atoms with E-state index in [1.165, 1.54) is 21.7 Å². The minimum Gasteiger partial charge on any atom is -0.379 e. The number of benzene rings is 1. The van der Waals surface area contributed by atoms with E-state index >= 15 is 0 Å². The standard InChI is InChI=1S/C18H21N3O4S2/c1-14-20-16(13-26-14)6-7-18(22)19-12-15-4-2-3-5-17(15)27(23,24)21-8-10-25-11-9-21/h2-7,13H,8-12H2,1H3,(H,19,22)/b7-6-. The lowest BCUT2D eigenvalue weighted by molar-refractivity contribution is -0.116. The van der Waals surface area contributed by atoms with Gasteiger partial charge in [-0.2, -0.15) is 4.31 Å². The number of sulfonamides is 1. The van der Waals surface area contributed by atoms with Crippen molar-refractivity contribution in [3.63, 3.8) is 0 Å². The molecule has 7 nitrogen and oxygen atoms in total. The third-order valence-corrected chi connectivity index (χ3v) is 6.85. The Morgan fingerprint density at radius 3 is 2.78 bits per heavy atom. The predicted molar refractivity (Wildman–Crippen MR) is 104 cm³/mol. The van der Waals surface area contributed by atoms with Crippen LogP contribution in [0, 0.1) is 6.92 Å². The van der Waals surface area contributed by atoms with Crippen LogP contribution in [-0.2, 0) is 26.1 Å². The molecule has 0 saturated carbocycles. The fourth-order valence-corrected chi connectivity index (χ4v) is 4.90. The highest BCUT2D eigenvalue weighted by molar-refractivity contribution is 7.89. The molecule has 2 heterocycles. The van der Waals surface area contributed by atoms with E-state index < -0.39 is 10.0 Å². The zero-order chi connectivity index (χ0) is 19.3. The number of nitrogens with one attached hydrogen (secondary N) is 1. The summed E-state index contributed by atoms with van der Waals surface area (Å²) in [7, 11) is -3.62. The minimum atomic E-state index is -3.62. The van der Waals surface area contributed by atoms with Gasteiger partial charge in [-0.25, -0.2) is 13.4 Å². The molecule has 0 bridgehead atoms. The maximum Gasteiger partial charge on any atom is 0.244 e. The summed E-state index contributed by atoms with van der Waals surface area (Å²) < 4.78 is 32.5. The summed E-state index contributed by atoms with van der Waals surface area (Å²) in [4.78, 5) is 16.5. The smallest absolute Gasteiger partial charge is 0.244 e. The summed E-state index contributed by atoms with van der Waals surface area (Å²) in [5.41, 5.74) is 1.28. The molecule has 0 atom stereocenters. The average molecular weight is 408 g/mol. The molecule has 0 unspecified atom stereocenters. The number of ether oxygens (including phenoxy) is 1. The van der Waals surface area contributed by atoms with Gasteiger partial charge in [-0.1, -0.05) is 18.2 Å². The van der Waals surface area contributed by atoms with E-state index in [2.05, 4.69) is 10.3 Å². The predicted octanol–water partition coefficient (Wildman–Crippen LogP) is 1.80. The summed E-state index contributed by atoms with van der Waals surface area (Å²) in [5, 5.41) is 5.53. The minimum absolute atomic E-state index is 0.124. The van der Waals surface area contributed by atoms with Crippen molar-refractivity contribution in [2.24, 2.45) is 0 Å². The highest BCUT2D eigenvalue weighted by Crippen LogP contribution is 2.21. The van der Waals surface area contributed by atoms with E-state index in [1.807, 2.05) is 12.3 Å². The maximum absolute atomic E-state index is 12.9. The molecule has 0 spiro atoms. The number of hydrogen-bond acceptors (Lipinski definition) is 6. The van der Waals surface area contributed by atoms with Crippen molar-refractivity contribution in [1.82, 2.24) is 14.6 Å². The van der Waals surface area contributed by atoms with Crippen LogP contribution in [0.4, 0.5) is 0 Å². The Bertz CT molecular complexity index is 932. The van der Waals surface area contributed by atoms with Gasteiger partial charge in [0.2, 0.25) is 15.9 Å². The Labute approximate surface area is 162 Å². The van der Waals surface area contributed by atoms with Crippen LogP contribution in [0.25, 0.3) is 6.08 Å². The third kappa shape index (κ3) is 5.01. The number of rotatable bonds is 6. The molecule has 1 saturated heterocycles. The van der Waals surface area contributed by atoms with Crippen LogP contribution < -0.4 is 5.32 Å². The zero-order valence-corrected chi connectivity index (χ0v) is 16.6. The Morgan fingerprint density at radius 2 is 2.07 bits per heavy atom. The molecule has 9 heteroatoms. The molecule has 144 valence electrons. The fraction of sp³-hybridized carbons (Fsp3) is 0.333. The molecule has 0 radical (unpaired) electrons. The number of thiazole rings is 1. The summed E-state index contributed by atoms with van der Waals surface area (Å²) >= 11 is 1.51. The Balaban J connectivity index is 1.69. The van der Waals surface area contributed by atoms with Crippen LogP contribution in [0.2, 0.25) is 0 Å². The molecule has 1 fully saturated rings. The second kappa shape index (κ2) is 8.75. The van der Waals surface area contributed by atoms with Gasteiger partial charge in [-0.15, -0.1) is 11.3 Å². The summed E-state index contributed by atoms with van der Waals surface area (Å²) in [5.74, 6) is -0.306. The fourth-order valence-electron chi connectivity index (χ4n) is 2.69. The highest BCUT2D eigenvalue weighted by Gasteiger charge is 2.28. The van der Waals surface area contributed by atoms with Crippen molar-refractivity contribution in [2.45, 2.75) is 18.4 Å². The van der Waals surface area contributed by atoms with Gasteiger partial charge in [0.15, 0.2) is 0 Å². The van der Waals surface area contributed by atoms with Crippen molar-refractivity contribution in [3.05, 3.63) is 52.0 Å². The van der Waals surface area contributed by atoms with Gasteiger partial charge in [-0.3, -0.25) is 4.79 Å². The normalized spacial score (nSPS) is 15.9. The molecule has 27 heavy (non-hydrogen) atoms. The highest BCUT2D eigenvalue weighted by atomic mass is 32.2. The zero-order valence-electron chi connectivity index (χ0n) is 14.9. The van der Waals surface area contributed by atoms with Crippen molar-refractivity contribution < 1.29 is 17.9 Å². The SMILES string of the molecule is Cc1nc(/C=C\C(=O)NCc2ccccc2S(=O)(=O)N2CCOCC2)cs1. The number of carbonyl (C=O) groups is 1. The van der Waals surface area contributed by atoms with Gasteiger partial charge in [0.1, 0.15) is 0 Å². The first-order chi connectivity index (χ1) is 13.0. The number of carbonyl (C=O) groups excluding carboxylic acids is 1. The Morgan fingerprint density at radius 1 is 1.33 bits per heavy atom. The van der Waals surface area contributed by atoms with E-state index in [0.29, 0.717) is 31.9 Å². The summed E-state index contributed by atoms with van der Waals surface area (Å²) in [6.07, 6.45) is 3.03. The molecular formula is C18H21N3O4S2. The topological polar surface area (TPSA) is 88.6 Å². The number of aromatic nitrogens is 1. The molecule has 1 aliphatic heterocycles. The van der Waals surface area contributed by atoms with Crippen LogP contribution in [0.3, 0.4) is 0 Å². The lowest BCUT2D eigenvalue weighted by atomic mass is 10.2. The van der Waals surface area contributed by atoms with Gasteiger partial charge in [-0.05, 0) is 24.6 Å². The van der Waals surface area contributed by atoms with Gasteiger partial charge in [0.25, 0.3) is 0 Å². The van der Waals surface area contributed by atoms with Crippen molar-refractivity contribution in [2.75, 3.05) is 26.3 Å². The molecule has 1 aliphatic rings. The van der Waals surface area contributed by atoms with Crippen LogP contribution in [0.15, 0.2) is 40.6 Å². The molecule has 1 amide bonds. The second-order valence-electron chi connectivity index (χ2n) is 5.97. The van der Waals surface area contributed by atoms with Gasteiger partial charge in [0.05, 0.1) is 28.8 Å². The van der Waals surface area contributed by atoms with Gasteiger partial charge < -0.3 is 10.1 Å². The van der Waals surface area contributed by atoms with Crippen LogP contribution in [0.5, 0.6) is 0 Å². The van der Waals surface area contributed by atoms with Crippen molar-refractivity contribution >= 4 is 33.3 Å². The second-order valence-corrected chi connectivity index (χ2v) is 8.94. The van der Waals surface area contributed by atoms with Crippen LogP contribution in [0.1, 0.15) is 16.3 Å². The Hall–Kier alpha value is -2.07. The van der Waals surface area contributed by atoms with E-state index in [-0.39, 0.29) is 17.3 Å². The number of aryl methyl sites for hydroxylation is 1. The van der Waals surface area contributed by atoms with Crippen molar-refractivity contribution in [1.29, 1.82) is 0 Å². The lowest BCUT2D eigenvalue weighted by Crippen LogP contribution is -2.41. The summed E-state index contributed by atoms with van der Waals surface area (Å²) in [6.45, 7) is 3.46. The Kier molecular flexibility index (Phi) is 6.38. The van der Waals surface area contributed by atoms with Crippen LogP contribution >= 0.6 is 11.3 Å². The quantitative estimate of drug-likeness (QED) is 0.738. The van der Waals surface area contributed by atoms with Crippen LogP contribution in [-0.4, -0.2) is 49.9 Å². The molecule has 1 N–H and O–H groups in total. The van der Waals surface area contributed by atoms with Gasteiger partial charge in [0, 0.05) is 31.1 Å². The van der Waals surface area contributed by atoms with Crippen molar-refractivity contribution in [3.8, 4) is 0 Å².